The predicted octanol–water partition coefficient (Wildman–Crippen LogP) is 4.17. The Morgan fingerprint density at radius 2 is 2.10 bits per heavy atom. The van der Waals surface area contributed by atoms with Gasteiger partial charge >= 0.3 is 6.03 Å². The fourth-order valence-electron chi connectivity index (χ4n) is 3.92. The van der Waals surface area contributed by atoms with E-state index in [4.69, 9.17) is 0 Å². The van der Waals surface area contributed by atoms with Crippen molar-refractivity contribution in [3.63, 3.8) is 0 Å². The van der Waals surface area contributed by atoms with Gasteiger partial charge < -0.3 is 10.0 Å². The van der Waals surface area contributed by atoms with Gasteiger partial charge in [-0.15, -0.1) is 10.2 Å². The highest BCUT2D eigenvalue weighted by Gasteiger charge is 2.29. The van der Waals surface area contributed by atoms with Crippen molar-refractivity contribution in [3.8, 4) is 0 Å². The largest absolute Gasteiger partial charge is 0.395 e. The number of aromatic nitrogens is 2. The number of hydrogen-bond donors (Lipinski definition) is 2. The molecule has 1 aromatic heterocycles. The summed E-state index contributed by atoms with van der Waals surface area (Å²) in [6, 6.07) is 14.1. The first kappa shape index (κ1) is 20.4. The Kier molecular flexibility index (Phi) is 6.35. The lowest BCUT2D eigenvalue weighted by molar-refractivity contribution is 0.155. The Balaban J connectivity index is 1.47. The van der Waals surface area contributed by atoms with Gasteiger partial charge in [0, 0.05) is 13.0 Å². The summed E-state index contributed by atoms with van der Waals surface area (Å²) < 4.78 is 13.4. The number of nitrogens with one attached hydrogen (secondary N) is 1. The number of amides is 2. The Morgan fingerprint density at radius 1 is 1.23 bits per heavy atom. The molecule has 156 valence electrons. The topological polar surface area (TPSA) is 78.4 Å². The van der Waals surface area contributed by atoms with Gasteiger partial charge in [-0.05, 0) is 48.1 Å². The van der Waals surface area contributed by atoms with E-state index in [2.05, 4.69) is 27.6 Å². The van der Waals surface area contributed by atoms with Gasteiger partial charge in [0.1, 0.15) is 10.8 Å². The highest BCUT2D eigenvalue weighted by Crippen LogP contribution is 2.34. The minimum atomic E-state index is -0.306. The number of benzene rings is 2. The number of carbonyl (C=O) groups excluding carboxylic acids is 1. The van der Waals surface area contributed by atoms with Gasteiger partial charge in [0.05, 0.1) is 12.6 Å². The van der Waals surface area contributed by atoms with E-state index in [-0.39, 0.29) is 31.0 Å². The first-order valence-electron chi connectivity index (χ1n) is 9.97. The third kappa shape index (κ3) is 4.66. The lowest BCUT2D eigenvalue weighted by atomic mass is 9.87. The van der Waals surface area contributed by atoms with Crippen LogP contribution in [0, 0.1) is 5.82 Å². The van der Waals surface area contributed by atoms with E-state index < -0.39 is 0 Å². The maximum absolute atomic E-state index is 13.4. The van der Waals surface area contributed by atoms with E-state index >= 15 is 0 Å². The number of aryl methyl sites for hydroxylation is 1. The summed E-state index contributed by atoms with van der Waals surface area (Å²) in [5, 5.41) is 21.6. The van der Waals surface area contributed by atoms with Gasteiger partial charge in [-0.1, -0.05) is 47.7 Å². The molecule has 2 N–H and O–H groups in total. The van der Waals surface area contributed by atoms with Crippen LogP contribution >= 0.6 is 11.3 Å². The third-order valence-corrected chi connectivity index (χ3v) is 6.08. The van der Waals surface area contributed by atoms with Crippen molar-refractivity contribution in [2.24, 2.45) is 0 Å². The maximum Gasteiger partial charge on any atom is 0.324 e. The number of halogens is 1. The molecule has 3 aromatic rings. The highest BCUT2D eigenvalue weighted by atomic mass is 32.1. The van der Waals surface area contributed by atoms with Crippen molar-refractivity contribution < 1.29 is 14.3 Å². The Morgan fingerprint density at radius 3 is 2.93 bits per heavy atom. The van der Waals surface area contributed by atoms with Crippen LogP contribution in [0.25, 0.3) is 0 Å². The minimum absolute atomic E-state index is 0.0817. The van der Waals surface area contributed by atoms with E-state index in [0.29, 0.717) is 16.6 Å². The summed E-state index contributed by atoms with van der Waals surface area (Å²) in [6.45, 7) is 0.118. The molecule has 2 aromatic carbocycles. The summed E-state index contributed by atoms with van der Waals surface area (Å²) in [6.07, 6.45) is 3.29. The van der Waals surface area contributed by atoms with E-state index in [1.165, 1.54) is 29.0 Å². The zero-order valence-corrected chi connectivity index (χ0v) is 17.2. The molecule has 0 saturated heterocycles. The molecule has 4 rings (SSSR count). The molecule has 1 unspecified atom stereocenters. The fraction of sp³-hybridized carbons (Fsp3) is 0.318. The molecule has 6 nitrogen and oxygen atoms in total. The summed E-state index contributed by atoms with van der Waals surface area (Å²) in [5.74, 6) is -0.294. The molecule has 8 heteroatoms. The number of fused-ring (bicyclic) bond motifs is 1. The first-order valence-corrected chi connectivity index (χ1v) is 10.8. The van der Waals surface area contributed by atoms with Crippen molar-refractivity contribution >= 4 is 22.5 Å². The van der Waals surface area contributed by atoms with Crippen LogP contribution in [0.2, 0.25) is 0 Å². The van der Waals surface area contributed by atoms with Gasteiger partial charge in [0.2, 0.25) is 5.13 Å². The van der Waals surface area contributed by atoms with Gasteiger partial charge in [-0.3, -0.25) is 5.32 Å². The van der Waals surface area contributed by atoms with E-state index in [9.17, 15) is 14.3 Å². The molecule has 1 aliphatic carbocycles. The van der Waals surface area contributed by atoms with Gasteiger partial charge in [0.15, 0.2) is 0 Å². The average Bonchev–Trinajstić information content (AvgIpc) is 3.18. The number of rotatable bonds is 6. The number of anilines is 1. The van der Waals surface area contributed by atoms with Crippen LogP contribution in [-0.4, -0.2) is 39.4 Å². The standard InChI is InChI=1S/C22H23FN4O2S/c23-17-8-3-5-15(13-17)14-20-25-26-21(30-20)24-22(29)27(11-12-28)19-10-4-7-16-6-1-2-9-18(16)19/h1-3,5-6,8-9,13,19,28H,4,7,10-12,14H2,(H,24,26,29). The summed E-state index contributed by atoms with van der Waals surface area (Å²) in [5.41, 5.74) is 3.18. The Labute approximate surface area is 178 Å². The van der Waals surface area contributed by atoms with Crippen LogP contribution < -0.4 is 5.32 Å². The molecular formula is C22H23FN4O2S. The van der Waals surface area contributed by atoms with Crippen LogP contribution in [0.15, 0.2) is 48.5 Å². The van der Waals surface area contributed by atoms with E-state index in [1.54, 1.807) is 11.0 Å². The highest BCUT2D eigenvalue weighted by molar-refractivity contribution is 7.15. The molecule has 30 heavy (non-hydrogen) atoms. The average molecular weight is 427 g/mol. The number of aliphatic hydroxyl groups is 1. The third-order valence-electron chi connectivity index (χ3n) is 5.24. The van der Waals surface area contributed by atoms with Gasteiger partial charge in [-0.2, -0.15) is 0 Å². The SMILES string of the molecule is O=C(Nc1nnc(Cc2cccc(F)c2)s1)N(CCO)C1CCCc2ccccc21. The molecule has 0 saturated carbocycles. The van der Waals surface area contributed by atoms with Crippen molar-refractivity contribution in [2.75, 3.05) is 18.5 Å². The normalized spacial score (nSPS) is 15.5. The molecule has 1 aliphatic rings. The first-order chi connectivity index (χ1) is 14.6. The predicted molar refractivity (Wildman–Crippen MR) is 114 cm³/mol. The Hall–Kier alpha value is -2.84. The molecular weight excluding hydrogens is 403 g/mol. The zero-order chi connectivity index (χ0) is 20.9. The lowest BCUT2D eigenvalue weighted by Crippen LogP contribution is -2.41. The van der Waals surface area contributed by atoms with Gasteiger partial charge in [0.25, 0.3) is 0 Å². The molecule has 2 amide bonds. The van der Waals surface area contributed by atoms with Crippen molar-refractivity contribution in [3.05, 3.63) is 76.0 Å². The van der Waals surface area contributed by atoms with E-state index in [0.717, 1.165) is 30.4 Å². The van der Waals surface area contributed by atoms with Crippen molar-refractivity contribution in [2.45, 2.75) is 31.7 Å². The molecule has 1 atom stereocenters. The van der Waals surface area contributed by atoms with E-state index in [1.807, 2.05) is 18.2 Å². The van der Waals surface area contributed by atoms with Crippen molar-refractivity contribution in [1.29, 1.82) is 0 Å². The maximum atomic E-state index is 13.4. The number of urea groups is 1. The van der Waals surface area contributed by atoms with Crippen molar-refractivity contribution in [1.82, 2.24) is 15.1 Å². The fourth-order valence-corrected chi connectivity index (χ4v) is 4.68. The second-order valence-corrected chi connectivity index (χ2v) is 8.32. The summed E-state index contributed by atoms with van der Waals surface area (Å²) in [4.78, 5) is 14.7. The van der Waals surface area contributed by atoms with Crippen LogP contribution in [0.1, 0.15) is 40.6 Å². The summed E-state index contributed by atoms with van der Waals surface area (Å²) >= 11 is 1.26. The van der Waals surface area contributed by atoms with Crippen LogP contribution in [-0.2, 0) is 12.8 Å². The molecule has 0 fully saturated rings. The monoisotopic (exact) mass is 426 g/mol. The quantitative estimate of drug-likeness (QED) is 0.620. The second-order valence-electron chi connectivity index (χ2n) is 7.26. The number of hydrogen-bond acceptors (Lipinski definition) is 5. The van der Waals surface area contributed by atoms with Gasteiger partial charge in [-0.25, -0.2) is 9.18 Å². The lowest BCUT2D eigenvalue weighted by Gasteiger charge is -2.35. The van der Waals surface area contributed by atoms with Crippen LogP contribution in [0.5, 0.6) is 0 Å². The molecule has 1 heterocycles. The minimum Gasteiger partial charge on any atom is -0.395 e. The second kappa shape index (κ2) is 9.32. The molecule has 0 aliphatic heterocycles. The van der Waals surface area contributed by atoms with Crippen LogP contribution in [0.4, 0.5) is 14.3 Å². The Bertz CT molecular complexity index is 1030. The molecule has 0 bridgehead atoms. The number of aliphatic hydroxyl groups excluding tert-OH is 1. The smallest absolute Gasteiger partial charge is 0.324 e. The van der Waals surface area contributed by atoms with Crippen LogP contribution in [0.3, 0.4) is 0 Å². The zero-order valence-electron chi connectivity index (χ0n) is 16.4. The summed E-state index contributed by atoms with van der Waals surface area (Å²) in [7, 11) is 0. The number of nitrogens with zero attached hydrogens (tertiary/aromatic N) is 3. The number of carbonyl (C=O) groups is 1. The molecule has 0 radical (unpaired) electrons. The molecule has 0 spiro atoms.